The molecule has 2 aliphatic rings. The minimum Gasteiger partial charge on any atom is -0.489 e. The van der Waals surface area contributed by atoms with Crippen LogP contribution in [0.25, 0.3) is 0 Å². The van der Waals surface area contributed by atoms with Gasteiger partial charge in [-0.1, -0.05) is 17.7 Å². The van der Waals surface area contributed by atoms with Gasteiger partial charge in [0.25, 0.3) is 5.91 Å². The second-order valence-corrected chi connectivity index (χ2v) is 8.11. The van der Waals surface area contributed by atoms with E-state index in [1.54, 1.807) is 24.4 Å². The second-order valence-electron chi connectivity index (χ2n) is 7.72. The molecule has 0 bridgehead atoms. The van der Waals surface area contributed by atoms with Gasteiger partial charge in [-0.05, 0) is 57.0 Å². The lowest BCUT2D eigenvalue weighted by atomic mass is 10.1. The number of carbonyl (C=O) groups is 1. The Labute approximate surface area is 175 Å². The summed E-state index contributed by atoms with van der Waals surface area (Å²) < 4.78 is 20.3. The first-order valence-electron chi connectivity index (χ1n) is 10.2. The van der Waals surface area contributed by atoms with Gasteiger partial charge in [-0.2, -0.15) is 0 Å². The van der Waals surface area contributed by atoms with Crippen molar-refractivity contribution >= 4 is 17.5 Å². The first kappa shape index (κ1) is 20.1. The summed E-state index contributed by atoms with van der Waals surface area (Å²) in [5.74, 6) is -0.393. The number of carbonyl (C=O) groups excluding carboxylic acids is 1. The van der Waals surface area contributed by atoms with Crippen LogP contribution in [0.1, 0.15) is 41.6 Å². The van der Waals surface area contributed by atoms with Gasteiger partial charge in [0, 0.05) is 37.0 Å². The molecule has 0 spiro atoms. The van der Waals surface area contributed by atoms with Gasteiger partial charge >= 0.3 is 0 Å². The smallest absolute Gasteiger partial charge is 0.257 e. The van der Waals surface area contributed by atoms with E-state index in [2.05, 4.69) is 9.88 Å². The van der Waals surface area contributed by atoms with Gasteiger partial charge in [0.15, 0.2) is 0 Å². The molecule has 29 heavy (non-hydrogen) atoms. The van der Waals surface area contributed by atoms with Gasteiger partial charge in [-0.25, -0.2) is 9.37 Å². The number of halogens is 2. The third-order valence-corrected chi connectivity index (χ3v) is 5.89. The van der Waals surface area contributed by atoms with Crippen LogP contribution in [0.15, 0.2) is 36.5 Å². The minimum absolute atomic E-state index is 0.110. The molecule has 2 saturated heterocycles. The topological polar surface area (TPSA) is 45.7 Å². The van der Waals surface area contributed by atoms with Crippen LogP contribution in [0, 0.1) is 5.82 Å². The SMILES string of the molecule is O=C(c1ccc(OCc2ccc(Cl)nc2)cc1F)N1CCC[C@H]1CN1CCCC1. The van der Waals surface area contributed by atoms with Crippen LogP contribution in [0.4, 0.5) is 4.39 Å². The van der Waals surface area contributed by atoms with Crippen LogP contribution in [-0.4, -0.2) is 52.9 Å². The molecule has 4 rings (SSSR count). The van der Waals surface area contributed by atoms with Gasteiger partial charge in [-0.3, -0.25) is 4.79 Å². The number of likely N-dealkylation sites (tertiary alicyclic amines) is 2. The summed E-state index contributed by atoms with van der Waals surface area (Å²) in [6, 6.07) is 8.11. The zero-order chi connectivity index (χ0) is 20.2. The molecular weight excluding hydrogens is 393 g/mol. The Hall–Kier alpha value is -2.18. The molecule has 0 unspecified atom stereocenters. The number of hydrogen-bond acceptors (Lipinski definition) is 4. The molecule has 2 aromatic rings. The van der Waals surface area contributed by atoms with E-state index in [0.29, 0.717) is 17.4 Å². The summed E-state index contributed by atoms with van der Waals surface area (Å²) in [6.45, 7) is 4.04. The Balaban J connectivity index is 1.39. The van der Waals surface area contributed by atoms with E-state index in [0.717, 1.165) is 38.0 Å². The molecular formula is C22H25ClFN3O2. The lowest BCUT2D eigenvalue weighted by Crippen LogP contribution is -2.42. The van der Waals surface area contributed by atoms with Crippen LogP contribution in [0.5, 0.6) is 5.75 Å². The van der Waals surface area contributed by atoms with Crippen LogP contribution in [0.3, 0.4) is 0 Å². The van der Waals surface area contributed by atoms with Crippen LogP contribution < -0.4 is 4.74 Å². The highest BCUT2D eigenvalue weighted by molar-refractivity contribution is 6.29. The molecule has 1 aromatic heterocycles. The molecule has 0 radical (unpaired) electrons. The van der Waals surface area contributed by atoms with E-state index in [1.807, 2.05) is 4.90 Å². The fourth-order valence-corrected chi connectivity index (χ4v) is 4.24. The lowest BCUT2D eigenvalue weighted by molar-refractivity contribution is 0.0704. The number of benzene rings is 1. The van der Waals surface area contributed by atoms with Crippen LogP contribution >= 0.6 is 11.6 Å². The Bertz CT molecular complexity index is 856. The number of pyridine rings is 1. The Kier molecular flexibility index (Phi) is 6.31. The molecule has 0 saturated carbocycles. The molecule has 2 aliphatic heterocycles. The monoisotopic (exact) mass is 417 g/mol. The summed E-state index contributed by atoms with van der Waals surface area (Å²) in [5.41, 5.74) is 0.940. The summed E-state index contributed by atoms with van der Waals surface area (Å²) in [6.07, 6.45) is 6.03. The van der Waals surface area contributed by atoms with Crippen molar-refractivity contribution in [2.24, 2.45) is 0 Å². The first-order chi connectivity index (χ1) is 14.1. The van der Waals surface area contributed by atoms with Crippen molar-refractivity contribution in [3.8, 4) is 5.75 Å². The largest absolute Gasteiger partial charge is 0.489 e. The van der Waals surface area contributed by atoms with Crippen molar-refractivity contribution in [2.75, 3.05) is 26.2 Å². The van der Waals surface area contributed by atoms with Gasteiger partial charge in [0.2, 0.25) is 0 Å². The second kappa shape index (κ2) is 9.09. The van der Waals surface area contributed by atoms with Gasteiger partial charge in [0.05, 0.1) is 5.56 Å². The molecule has 1 aromatic carbocycles. The highest BCUT2D eigenvalue weighted by atomic mass is 35.5. The lowest BCUT2D eigenvalue weighted by Gasteiger charge is -2.28. The highest BCUT2D eigenvalue weighted by Crippen LogP contribution is 2.25. The molecule has 2 fully saturated rings. The minimum atomic E-state index is -0.548. The van der Waals surface area contributed by atoms with Crippen molar-refractivity contribution < 1.29 is 13.9 Å². The van der Waals surface area contributed by atoms with Crippen LogP contribution in [-0.2, 0) is 6.61 Å². The standard InChI is InChI=1S/C22H25ClFN3O2/c23-21-8-5-16(13-25-21)15-29-18-6-7-19(20(24)12-18)22(28)27-11-3-4-17(27)14-26-9-1-2-10-26/h5-8,12-13,17H,1-4,9-11,14-15H2/t17-/m0/s1. The molecule has 7 heteroatoms. The Morgan fingerprint density at radius 2 is 2.00 bits per heavy atom. The van der Waals surface area contributed by atoms with E-state index in [9.17, 15) is 9.18 Å². The predicted molar refractivity (Wildman–Crippen MR) is 110 cm³/mol. The molecule has 1 atom stereocenters. The van der Waals surface area contributed by atoms with E-state index in [-0.39, 0.29) is 24.1 Å². The Morgan fingerprint density at radius 3 is 2.72 bits per heavy atom. The highest BCUT2D eigenvalue weighted by Gasteiger charge is 2.32. The molecule has 1 amide bonds. The summed E-state index contributed by atoms with van der Waals surface area (Å²) >= 11 is 5.77. The number of nitrogens with zero attached hydrogens (tertiary/aromatic N) is 3. The average Bonchev–Trinajstić information content (AvgIpc) is 3.40. The van der Waals surface area contributed by atoms with E-state index < -0.39 is 5.82 Å². The zero-order valence-electron chi connectivity index (χ0n) is 16.3. The van der Waals surface area contributed by atoms with Crippen molar-refractivity contribution in [3.05, 3.63) is 58.6 Å². The zero-order valence-corrected chi connectivity index (χ0v) is 17.1. The first-order valence-corrected chi connectivity index (χ1v) is 10.5. The number of ether oxygens (including phenoxy) is 1. The van der Waals surface area contributed by atoms with E-state index in [4.69, 9.17) is 16.3 Å². The summed E-state index contributed by atoms with van der Waals surface area (Å²) in [5, 5.41) is 0.410. The van der Waals surface area contributed by atoms with Gasteiger partial charge in [0.1, 0.15) is 23.3 Å². The molecule has 5 nitrogen and oxygen atoms in total. The average molecular weight is 418 g/mol. The third-order valence-electron chi connectivity index (χ3n) is 5.67. The molecule has 0 aliphatic carbocycles. The number of hydrogen-bond donors (Lipinski definition) is 0. The third kappa shape index (κ3) is 4.87. The molecule has 3 heterocycles. The van der Waals surface area contributed by atoms with Crippen molar-refractivity contribution in [1.29, 1.82) is 0 Å². The van der Waals surface area contributed by atoms with Crippen molar-refractivity contribution in [2.45, 2.75) is 38.3 Å². The maximum absolute atomic E-state index is 14.7. The van der Waals surface area contributed by atoms with Gasteiger partial charge < -0.3 is 14.5 Å². The maximum atomic E-state index is 14.7. The number of amides is 1. The quantitative estimate of drug-likeness (QED) is 0.662. The van der Waals surface area contributed by atoms with Crippen molar-refractivity contribution in [1.82, 2.24) is 14.8 Å². The number of rotatable bonds is 6. The predicted octanol–water partition coefficient (Wildman–Crippen LogP) is 4.15. The maximum Gasteiger partial charge on any atom is 0.257 e. The Morgan fingerprint density at radius 1 is 1.17 bits per heavy atom. The fraction of sp³-hybridized carbons (Fsp3) is 0.455. The molecule has 0 N–H and O–H groups in total. The summed E-state index contributed by atoms with van der Waals surface area (Å²) in [7, 11) is 0. The normalized spacial score (nSPS) is 19.7. The summed E-state index contributed by atoms with van der Waals surface area (Å²) in [4.78, 5) is 21.2. The van der Waals surface area contributed by atoms with Gasteiger partial charge in [-0.15, -0.1) is 0 Å². The number of aromatic nitrogens is 1. The van der Waals surface area contributed by atoms with Crippen molar-refractivity contribution in [3.63, 3.8) is 0 Å². The van der Waals surface area contributed by atoms with E-state index in [1.165, 1.54) is 25.0 Å². The fourth-order valence-electron chi connectivity index (χ4n) is 4.13. The molecule has 154 valence electrons. The van der Waals surface area contributed by atoms with E-state index >= 15 is 0 Å². The van der Waals surface area contributed by atoms with Crippen LogP contribution in [0.2, 0.25) is 5.15 Å².